The van der Waals surface area contributed by atoms with Crippen molar-refractivity contribution in [3.8, 4) is 6.07 Å². The molecule has 9 nitrogen and oxygen atoms in total. The summed E-state index contributed by atoms with van der Waals surface area (Å²) < 4.78 is 34.7. The third kappa shape index (κ3) is 5.09. The minimum atomic E-state index is -4.10. The molecule has 2 N–H and O–H groups in total. The number of nitrogens with one attached hydrogen (secondary N) is 2. The molecule has 11 heteroatoms. The van der Waals surface area contributed by atoms with Crippen molar-refractivity contribution in [3.05, 3.63) is 94.5 Å². The molecule has 2 amide bonds. The highest BCUT2D eigenvalue weighted by molar-refractivity contribution is 7.89. The van der Waals surface area contributed by atoms with Crippen LogP contribution in [-0.4, -0.2) is 44.4 Å². The van der Waals surface area contributed by atoms with Crippen LogP contribution in [0.25, 0.3) is 0 Å². The normalized spacial score (nSPS) is 19.3. The van der Waals surface area contributed by atoms with Crippen molar-refractivity contribution in [1.82, 2.24) is 9.62 Å². The van der Waals surface area contributed by atoms with Crippen molar-refractivity contribution in [1.29, 1.82) is 5.26 Å². The van der Waals surface area contributed by atoms with Gasteiger partial charge in [0.05, 0.1) is 28.8 Å². The van der Waals surface area contributed by atoms with Gasteiger partial charge in [-0.05, 0) is 54.4 Å². The second-order valence-electron chi connectivity index (χ2n) is 9.21. The summed E-state index contributed by atoms with van der Waals surface area (Å²) in [7, 11) is -4.10. The summed E-state index contributed by atoms with van der Waals surface area (Å²) in [5.74, 6) is -0.443. The van der Waals surface area contributed by atoms with Crippen molar-refractivity contribution in [2.24, 2.45) is 0 Å². The molecule has 2 aliphatic rings. The molecule has 194 valence electrons. The molecule has 0 saturated carbocycles. The lowest BCUT2D eigenvalue weighted by atomic mass is 9.90. The zero-order chi connectivity index (χ0) is 26.9. The number of benzene rings is 3. The molecule has 0 aliphatic carbocycles. The van der Waals surface area contributed by atoms with Crippen LogP contribution < -0.4 is 10.0 Å². The lowest BCUT2D eigenvalue weighted by molar-refractivity contribution is -0.133. The Morgan fingerprint density at radius 1 is 1.16 bits per heavy atom. The summed E-state index contributed by atoms with van der Waals surface area (Å²) in [4.78, 5) is 27.6. The first kappa shape index (κ1) is 25.7. The van der Waals surface area contributed by atoms with Gasteiger partial charge >= 0.3 is 6.09 Å². The Morgan fingerprint density at radius 2 is 1.89 bits per heavy atom. The quantitative estimate of drug-likeness (QED) is 0.480. The van der Waals surface area contributed by atoms with E-state index in [1.54, 1.807) is 18.2 Å². The van der Waals surface area contributed by atoms with Crippen molar-refractivity contribution >= 4 is 39.3 Å². The van der Waals surface area contributed by atoms with Gasteiger partial charge in [-0.15, -0.1) is 0 Å². The molecule has 3 aromatic carbocycles. The Balaban J connectivity index is 1.43. The smallest absolute Gasteiger partial charge is 0.412 e. The van der Waals surface area contributed by atoms with E-state index in [1.165, 1.54) is 29.2 Å². The van der Waals surface area contributed by atoms with E-state index < -0.39 is 33.7 Å². The number of sulfonamides is 1. The third-order valence-corrected chi connectivity index (χ3v) is 8.44. The largest absolute Gasteiger partial charge is 0.436 e. The van der Waals surface area contributed by atoms with E-state index in [2.05, 4.69) is 10.0 Å². The van der Waals surface area contributed by atoms with E-state index in [0.717, 1.165) is 5.56 Å². The maximum Gasteiger partial charge on any atom is 0.412 e. The Labute approximate surface area is 225 Å². The number of anilines is 1. The zero-order valence-corrected chi connectivity index (χ0v) is 21.6. The van der Waals surface area contributed by atoms with Crippen LogP contribution in [0.15, 0.2) is 77.7 Å². The molecule has 38 heavy (non-hydrogen) atoms. The number of nitrogens with zero attached hydrogens (tertiary/aromatic N) is 2. The van der Waals surface area contributed by atoms with Crippen molar-refractivity contribution in [3.63, 3.8) is 0 Å². The second-order valence-corrected chi connectivity index (χ2v) is 11.4. The number of ether oxygens (including phenoxy) is 1. The first-order valence-corrected chi connectivity index (χ1v) is 13.7. The zero-order valence-electron chi connectivity index (χ0n) is 20.1. The van der Waals surface area contributed by atoms with Crippen LogP contribution in [0.1, 0.15) is 23.1 Å². The average molecular weight is 551 g/mol. The van der Waals surface area contributed by atoms with Crippen molar-refractivity contribution < 1.29 is 22.7 Å². The van der Waals surface area contributed by atoms with Crippen LogP contribution in [0.2, 0.25) is 5.02 Å². The maximum atomic E-state index is 13.8. The Bertz CT molecular complexity index is 1540. The SMILES string of the molecule is N#Cc1ccc(S(=O)(=O)N[C@@H](Cc2ccccc2)C(=O)N2CCC3(C2)OC(=O)Nc2ccc(Cl)cc23)cc1. The molecule has 2 aliphatic heterocycles. The van der Waals surface area contributed by atoms with E-state index in [0.29, 0.717) is 28.3 Å². The Hall–Kier alpha value is -3.91. The number of carbonyl (C=O) groups is 2. The standard InChI is InChI=1S/C27H23ClN4O5S/c28-20-8-11-23-22(15-20)27(37-26(34)30-23)12-13-32(17-27)25(33)24(14-18-4-2-1-3-5-18)31-38(35,36)21-9-6-19(16-29)7-10-21/h1-11,15,24,31H,12-14,17H2,(H,30,34)/t24-,27?/m0/s1. The molecule has 2 atom stereocenters. The maximum absolute atomic E-state index is 13.8. The molecule has 5 rings (SSSR count). The number of nitriles is 1. The van der Waals surface area contributed by atoms with Gasteiger partial charge in [0.15, 0.2) is 5.60 Å². The van der Waals surface area contributed by atoms with Gasteiger partial charge in [-0.2, -0.15) is 9.98 Å². The topological polar surface area (TPSA) is 129 Å². The third-order valence-electron chi connectivity index (χ3n) is 6.71. The highest BCUT2D eigenvalue weighted by Gasteiger charge is 2.49. The Morgan fingerprint density at radius 3 is 2.61 bits per heavy atom. The second kappa shape index (κ2) is 10.1. The fraction of sp³-hybridized carbons (Fsp3) is 0.222. The van der Waals surface area contributed by atoms with Crippen LogP contribution in [0.5, 0.6) is 0 Å². The lowest BCUT2D eigenvalue weighted by Gasteiger charge is -2.35. The molecule has 1 unspecified atom stereocenters. The van der Waals surface area contributed by atoms with Crippen LogP contribution >= 0.6 is 11.6 Å². The van der Waals surface area contributed by atoms with Gasteiger partial charge in [0, 0.05) is 23.6 Å². The van der Waals surface area contributed by atoms with Crippen LogP contribution in [-0.2, 0) is 31.6 Å². The first-order valence-electron chi connectivity index (χ1n) is 11.8. The number of halogens is 1. The summed E-state index contributed by atoms with van der Waals surface area (Å²) in [6.07, 6.45) is -0.181. The van der Waals surface area contributed by atoms with Gasteiger partial charge in [0.25, 0.3) is 0 Å². The Kier molecular flexibility index (Phi) is 6.84. The molecule has 1 spiro atoms. The van der Waals surface area contributed by atoms with E-state index in [9.17, 15) is 18.0 Å². The monoisotopic (exact) mass is 550 g/mol. The number of likely N-dealkylation sites (tertiary alicyclic amines) is 1. The minimum Gasteiger partial charge on any atom is -0.436 e. The molecular weight excluding hydrogens is 528 g/mol. The number of rotatable bonds is 6. The number of amides is 2. The molecule has 1 saturated heterocycles. The summed E-state index contributed by atoms with van der Waals surface area (Å²) in [5, 5.41) is 12.1. The molecule has 3 aromatic rings. The van der Waals surface area contributed by atoms with E-state index in [1.807, 2.05) is 36.4 Å². The number of hydrogen-bond donors (Lipinski definition) is 2. The first-order chi connectivity index (χ1) is 18.2. The van der Waals surface area contributed by atoms with Gasteiger partial charge < -0.3 is 9.64 Å². The summed E-state index contributed by atoms with van der Waals surface area (Å²) in [6.45, 7) is 0.304. The fourth-order valence-electron chi connectivity index (χ4n) is 4.86. The van der Waals surface area contributed by atoms with Gasteiger partial charge in [0.1, 0.15) is 6.04 Å². The highest BCUT2D eigenvalue weighted by atomic mass is 35.5. The van der Waals surface area contributed by atoms with E-state index in [4.69, 9.17) is 21.6 Å². The molecule has 2 heterocycles. The van der Waals surface area contributed by atoms with Crippen LogP contribution in [0.3, 0.4) is 0 Å². The van der Waals surface area contributed by atoms with Gasteiger partial charge in [-0.25, -0.2) is 13.2 Å². The van der Waals surface area contributed by atoms with E-state index >= 15 is 0 Å². The molecular formula is C27H23ClN4O5S. The van der Waals surface area contributed by atoms with Gasteiger partial charge in [-0.3, -0.25) is 10.1 Å². The lowest BCUT2D eigenvalue weighted by Crippen LogP contribution is -2.50. The van der Waals surface area contributed by atoms with Crippen LogP contribution in [0, 0.1) is 11.3 Å². The molecule has 0 aromatic heterocycles. The summed E-state index contributed by atoms with van der Waals surface area (Å²) >= 11 is 6.22. The van der Waals surface area contributed by atoms with Crippen LogP contribution in [0.4, 0.5) is 10.5 Å². The molecule has 1 fully saturated rings. The number of carbonyl (C=O) groups excluding carboxylic acids is 2. The van der Waals surface area contributed by atoms with Gasteiger partial charge in [-0.1, -0.05) is 41.9 Å². The summed E-state index contributed by atoms with van der Waals surface area (Å²) in [6, 6.07) is 20.4. The van der Waals surface area contributed by atoms with Gasteiger partial charge in [0.2, 0.25) is 15.9 Å². The number of fused-ring (bicyclic) bond motifs is 2. The van der Waals surface area contributed by atoms with E-state index in [-0.39, 0.29) is 24.4 Å². The minimum absolute atomic E-state index is 0.0521. The fourth-order valence-corrected chi connectivity index (χ4v) is 6.22. The highest BCUT2D eigenvalue weighted by Crippen LogP contribution is 2.43. The predicted octanol–water partition coefficient (Wildman–Crippen LogP) is 3.79. The molecule has 0 radical (unpaired) electrons. The average Bonchev–Trinajstić information content (AvgIpc) is 3.33. The molecule has 0 bridgehead atoms. The summed E-state index contributed by atoms with van der Waals surface area (Å²) in [5.41, 5.74) is 1.22. The van der Waals surface area contributed by atoms with Crippen molar-refractivity contribution in [2.45, 2.75) is 29.4 Å². The van der Waals surface area contributed by atoms with Crippen molar-refractivity contribution in [2.75, 3.05) is 18.4 Å². The number of hydrogen-bond acceptors (Lipinski definition) is 6. The predicted molar refractivity (Wildman–Crippen MR) is 140 cm³/mol.